The second kappa shape index (κ2) is 4.88. The van der Waals surface area contributed by atoms with Crippen LogP contribution in [0.3, 0.4) is 0 Å². The van der Waals surface area contributed by atoms with Crippen LogP contribution in [0.15, 0.2) is 28.9 Å². The molecule has 0 aliphatic carbocycles. The van der Waals surface area contributed by atoms with Gasteiger partial charge >= 0.3 is 0 Å². The quantitative estimate of drug-likeness (QED) is 0.941. The van der Waals surface area contributed by atoms with Crippen LogP contribution >= 0.6 is 27.5 Å². The monoisotopic (exact) mass is 301 g/mol. The minimum atomic E-state index is -0.222. The molecule has 0 saturated carbocycles. The van der Waals surface area contributed by atoms with Gasteiger partial charge in [-0.3, -0.25) is 0 Å². The minimum Gasteiger partial charge on any atom is -0.368 e. The summed E-state index contributed by atoms with van der Waals surface area (Å²) in [6.07, 6.45) is 1.62. The van der Waals surface area contributed by atoms with E-state index in [1.165, 1.54) is 17.6 Å². The van der Waals surface area contributed by atoms with Gasteiger partial charge in [-0.1, -0.05) is 20.4 Å². The van der Waals surface area contributed by atoms with Gasteiger partial charge in [0.2, 0.25) is 0 Å². The standard InChI is InChI=1S/C10H9BrFN3S/c1-6(14-10-5-13-15-16-10)8-4-7(11)2-3-9(8)12/h2-6,14H,1H3. The molecule has 1 atom stereocenters. The van der Waals surface area contributed by atoms with Crippen LogP contribution in [0, 0.1) is 5.82 Å². The van der Waals surface area contributed by atoms with Gasteiger partial charge in [-0.2, -0.15) is 0 Å². The second-order valence-electron chi connectivity index (χ2n) is 3.31. The maximum Gasteiger partial charge on any atom is 0.130 e. The lowest BCUT2D eigenvalue weighted by Crippen LogP contribution is -2.07. The van der Waals surface area contributed by atoms with E-state index in [0.29, 0.717) is 5.56 Å². The Hall–Kier alpha value is -1.01. The lowest BCUT2D eigenvalue weighted by Gasteiger charge is -2.14. The van der Waals surface area contributed by atoms with E-state index in [0.717, 1.165) is 9.47 Å². The fourth-order valence-electron chi connectivity index (χ4n) is 1.37. The van der Waals surface area contributed by atoms with Gasteiger partial charge in [-0.05, 0) is 25.1 Å². The Labute approximate surface area is 105 Å². The van der Waals surface area contributed by atoms with Crippen molar-refractivity contribution < 1.29 is 4.39 Å². The van der Waals surface area contributed by atoms with E-state index in [-0.39, 0.29) is 11.9 Å². The SMILES string of the molecule is CC(Nc1cnns1)c1cc(Br)ccc1F. The molecule has 1 N–H and O–H groups in total. The molecule has 0 amide bonds. The third-order valence-corrected chi connectivity index (χ3v) is 3.23. The molecule has 16 heavy (non-hydrogen) atoms. The van der Waals surface area contributed by atoms with Crippen LogP contribution in [-0.4, -0.2) is 9.59 Å². The zero-order valence-electron chi connectivity index (χ0n) is 8.45. The summed E-state index contributed by atoms with van der Waals surface area (Å²) in [4.78, 5) is 0. The lowest BCUT2D eigenvalue weighted by atomic mass is 10.1. The highest BCUT2D eigenvalue weighted by molar-refractivity contribution is 9.10. The molecule has 84 valence electrons. The van der Waals surface area contributed by atoms with Crippen molar-refractivity contribution in [3.05, 3.63) is 40.2 Å². The first kappa shape index (κ1) is 11.5. The van der Waals surface area contributed by atoms with Crippen molar-refractivity contribution in [2.45, 2.75) is 13.0 Å². The smallest absolute Gasteiger partial charge is 0.130 e. The number of anilines is 1. The molecule has 1 aromatic carbocycles. The Balaban J connectivity index is 2.20. The predicted octanol–water partition coefficient (Wildman–Crippen LogP) is 3.61. The number of halogens is 2. The largest absolute Gasteiger partial charge is 0.368 e. The molecule has 0 saturated heterocycles. The summed E-state index contributed by atoms with van der Waals surface area (Å²) in [6, 6.07) is 4.77. The van der Waals surface area contributed by atoms with Crippen molar-refractivity contribution >= 4 is 32.5 Å². The molecular weight excluding hydrogens is 293 g/mol. The number of nitrogens with zero attached hydrogens (tertiary/aromatic N) is 2. The summed E-state index contributed by atoms with van der Waals surface area (Å²) in [5.74, 6) is -0.222. The third-order valence-electron chi connectivity index (χ3n) is 2.14. The zero-order valence-corrected chi connectivity index (χ0v) is 10.8. The van der Waals surface area contributed by atoms with Gasteiger partial charge in [-0.15, -0.1) is 5.10 Å². The molecule has 1 aromatic heterocycles. The minimum absolute atomic E-state index is 0.125. The summed E-state index contributed by atoms with van der Waals surface area (Å²) < 4.78 is 18.2. The average Bonchev–Trinajstić information content (AvgIpc) is 2.74. The van der Waals surface area contributed by atoms with Crippen molar-refractivity contribution in [3.63, 3.8) is 0 Å². The van der Waals surface area contributed by atoms with Crippen LogP contribution in [0.25, 0.3) is 0 Å². The first-order valence-electron chi connectivity index (χ1n) is 4.65. The molecule has 2 aromatic rings. The fourth-order valence-corrected chi connectivity index (χ4v) is 2.25. The van der Waals surface area contributed by atoms with Crippen LogP contribution in [0.4, 0.5) is 9.39 Å². The van der Waals surface area contributed by atoms with E-state index >= 15 is 0 Å². The number of hydrogen-bond donors (Lipinski definition) is 1. The molecule has 0 aliphatic rings. The van der Waals surface area contributed by atoms with E-state index in [2.05, 4.69) is 30.8 Å². The molecule has 1 unspecified atom stereocenters. The molecule has 3 nitrogen and oxygen atoms in total. The second-order valence-corrected chi connectivity index (χ2v) is 5.01. The number of aromatic nitrogens is 2. The van der Waals surface area contributed by atoms with Gasteiger partial charge < -0.3 is 5.32 Å². The van der Waals surface area contributed by atoms with E-state index in [1.54, 1.807) is 18.3 Å². The lowest BCUT2D eigenvalue weighted by molar-refractivity contribution is 0.600. The zero-order chi connectivity index (χ0) is 11.5. The van der Waals surface area contributed by atoms with Gasteiger partial charge in [-0.25, -0.2) is 4.39 Å². The summed E-state index contributed by atoms with van der Waals surface area (Å²) in [6.45, 7) is 1.89. The van der Waals surface area contributed by atoms with Gasteiger partial charge in [0.25, 0.3) is 0 Å². The van der Waals surface area contributed by atoms with E-state index in [1.807, 2.05) is 6.92 Å². The highest BCUT2D eigenvalue weighted by Gasteiger charge is 2.12. The van der Waals surface area contributed by atoms with Gasteiger partial charge in [0.1, 0.15) is 10.8 Å². The van der Waals surface area contributed by atoms with E-state index in [9.17, 15) is 4.39 Å². The summed E-state index contributed by atoms with van der Waals surface area (Å²) >= 11 is 4.58. The van der Waals surface area contributed by atoms with E-state index in [4.69, 9.17) is 0 Å². The summed E-state index contributed by atoms with van der Waals surface area (Å²) in [5, 5.41) is 7.68. The number of hydrogen-bond acceptors (Lipinski definition) is 4. The molecule has 0 spiro atoms. The van der Waals surface area contributed by atoms with E-state index < -0.39 is 0 Å². The van der Waals surface area contributed by atoms with Crippen LogP contribution < -0.4 is 5.32 Å². The van der Waals surface area contributed by atoms with Crippen molar-refractivity contribution in [2.24, 2.45) is 0 Å². The highest BCUT2D eigenvalue weighted by Crippen LogP contribution is 2.25. The Morgan fingerprint density at radius 3 is 3.00 bits per heavy atom. The van der Waals surface area contributed by atoms with Crippen molar-refractivity contribution in [3.8, 4) is 0 Å². The maximum atomic E-state index is 13.6. The Morgan fingerprint density at radius 2 is 2.31 bits per heavy atom. The van der Waals surface area contributed by atoms with Crippen molar-refractivity contribution in [1.29, 1.82) is 0 Å². The van der Waals surface area contributed by atoms with Crippen LogP contribution in [-0.2, 0) is 0 Å². The molecule has 2 rings (SSSR count). The first-order chi connectivity index (χ1) is 7.66. The maximum absolute atomic E-state index is 13.6. The molecular formula is C10H9BrFN3S. The Morgan fingerprint density at radius 1 is 1.50 bits per heavy atom. The Bertz CT molecular complexity index is 475. The van der Waals surface area contributed by atoms with Gasteiger partial charge in [0, 0.05) is 21.6 Å². The van der Waals surface area contributed by atoms with Crippen LogP contribution in [0.5, 0.6) is 0 Å². The molecule has 0 fully saturated rings. The molecule has 0 radical (unpaired) electrons. The molecule has 0 aliphatic heterocycles. The number of benzene rings is 1. The Kier molecular flexibility index (Phi) is 3.50. The number of rotatable bonds is 3. The molecule has 1 heterocycles. The summed E-state index contributed by atoms with van der Waals surface area (Å²) in [7, 11) is 0. The topological polar surface area (TPSA) is 37.8 Å². The number of nitrogens with one attached hydrogen (secondary N) is 1. The highest BCUT2D eigenvalue weighted by atomic mass is 79.9. The summed E-state index contributed by atoms with van der Waals surface area (Å²) in [5.41, 5.74) is 0.614. The predicted molar refractivity (Wildman–Crippen MR) is 66.0 cm³/mol. The molecule has 0 bridgehead atoms. The van der Waals surface area contributed by atoms with Crippen molar-refractivity contribution in [1.82, 2.24) is 9.59 Å². The van der Waals surface area contributed by atoms with Gasteiger partial charge in [0.05, 0.1) is 12.2 Å². The first-order valence-corrected chi connectivity index (χ1v) is 6.22. The fraction of sp³-hybridized carbons (Fsp3) is 0.200. The van der Waals surface area contributed by atoms with Crippen LogP contribution in [0.1, 0.15) is 18.5 Å². The van der Waals surface area contributed by atoms with Gasteiger partial charge in [0.15, 0.2) is 0 Å². The normalized spacial score (nSPS) is 12.4. The van der Waals surface area contributed by atoms with Crippen LogP contribution in [0.2, 0.25) is 0 Å². The molecule has 6 heteroatoms. The average molecular weight is 302 g/mol. The third kappa shape index (κ3) is 2.56. The van der Waals surface area contributed by atoms with Crippen molar-refractivity contribution in [2.75, 3.05) is 5.32 Å².